The number of carbonyl (C=O) groups is 1. The summed E-state index contributed by atoms with van der Waals surface area (Å²) < 4.78 is 27.0. The Labute approximate surface area is 143 Å². The van der Waals surface area contributed by atoms with Crippen LogP contribution in [0.25, 0.3) is 5.65 Å². The van der Waals surface area contributed by atoms with Gasteiger partial charge in [-0.3, -0.25) is 9.20 Å². The van der Waals surface area contributed by atoms with Crippen molar-refractivity contribution in [3.8, 4) is 0 Å². The summed E-state index contributed by atoms with van der Waals surface area (Å²) in [7, 11) is 0. The number of rotatable bonds is 6. The van der Waals surface area contributed by atoms with Crippen LogP contribution >= 0.6 is 0 Å². The van der Waals surface area contributed by atoms with E-state index in [-0.39, 0.29) is 23.0 Å². The van der Waals surface area contributed by atoms with E-state index in [1.807, 2.05) is 30.3 Å². The van der Waals surface area contributed by atoms with Crippen LogP contribution in [0.1, 0.15) is 47.4 Å². The molecule has 0 saturated heterocycles. The number of aromatic nitrogens is 3. The zero-order valence-corrected chi connectivity index (χ0v) is 13.7. The minimum atomic E-state index is -2.75. The summed E-state index contributed by atoms with van der Waals surface area (Å²) in [4.78, 5) is 12.4. The van der Waals surface area contributed by atoms with Crippen LogP contribution in [0, 0.1) is 0 Å². The van der Waals surface area contributed by atoms with Gasteiger partial charge in [0, 0.05) is 18.7 Å². The van der Waals surface area contributed by atoms with Gasteiger partial charge in [-0.2, -0.15) is 0 Å². The van der Waals surface area contributed by atoms with Crippen LogP contribution < -0.4 is 5.32 Å². The molecule has 1 atom stereocenters. The third kappa shape index (κ3) is 3.65. The lowest BCUT2D eigenvalue weighted by Gasteiger charge is -2.16. The monoisotopic (exact) mass is 344 g/mol. The van der Waals surface area contributed by atoms with E-state index in [1.54, 1.807) is 6.07 Å². The molecule has 0 fully saturated rings. The molecule has 0 radical (unpaired) electrons. The van der Waals surface area contributed by atoms with Gasteiger partial charge in [-0.1, -0.05) is 37.3 Å². The van der Waals surface area contributed by atoms with E-state index in [0.717, 1.165) is 16.4 Å². The van der Waals surface area contributed by atoms with Gasteiger partial charge in [0.2, 0.25) is 5.82 Å². The Morgan fingerprint density at radius 1 is 1.16 bits per heavy atom. The highest BCUT2D eigenvalue weighted by atomic mass is 19.3. The fourth-order valence-electron chi connectivity index (χ4n) is 2.73. The molecule has 5 nitrogen and oxygen atoms in total. The van der Waals surface area contributed by atoms with E-state index >= 15 is 0 Å². The Bertz CT molecular complexity index is 864. The Morgan fingerprint density at radius 2 is 1.92 bits per heavy atom. The summed E-state index contributed by atoms with van der Waals surface area (Å²) in [6, 6.07) is 13.0. The maximum atomic E-state index is 12.9. The highest BCUT2D eigenvalue weighted by molar-refractivity contribution is 5.94. The predicted molar refractivity (Wildman–Crippen MR) is 89.8 cm³/mol. The third-order valence-corrected chi connectivity index (χ3v) is 4.16. The Kier molecular flexibility index (Phi) is 5.02. The molecular formula is C18H18F2N4O. The minimum Gasteiger partial charge on any atom is -0.351 e. The van der Waals surface area contributed by atoms with Crippen molar-refractivity contribution in [2.24, 2.45) is 0 Å². The zero-order valence-electron chi connectivity index (χ0n) is 13.7. The number of halogens is 2. The van der Waals surface area contributed by atoms with Gasteiger partial charge < -0.3 is 5.32 Å². The number of nitrogens with zero attached hydrogens (tertiary/aromatic N) is 3. The fraction of sp³-hybridized carbons (Fsp3) is 0.278. The summed E-state index contributed by atoms with van der Waals surface area (Å²) in [5.41, 5.74) is 1.72. The van der Waals surface area contributed by atoms with E-state index < -0.39 is 12.2 Å². The van der Waals surface area contributed by atoms with Crippen LogP contribution in [0.3, 0.4) is 0 Å². The van der Waals surface area contributed by atoms with Crippen LogP contribution in [-0.4, -0.2) is 27.0 Å². The number of pyridine rings is 1. The second-order valence-electron chi connectivity index (χ2n) is 5.73. The number of nitrogens with one attached hydrogen (secondary N) is 1. The van der Waals surface area contributed by atoms with Gasteiger partial charge in [0.05, 0.1) is 5.56 Å². The average molecular weight is 344 g/mol. The van der Waals surface area contributed by atoms with Gasteiger partial charge in [0.15, 0.2) is 5.65 Å². The first kappa shape index (κ1) is 17.0. The van der Waals surface area contributed by atoms with Crippen molar-refractivity contribution in [2.45, 2.75) is 25.7 Å². The van der Waals surface area contributed by atoms with E-state index in [4.69, 9.17) is 0 Å². The van der Waals surface area contributed by atoms with Gasteiger partial charge >= 0.3 is 0 Å². The Hall–Kier alpha value is -2.83. The number of hydrogen-bond acceptors (Lipinski definition) is 3. The maximum Gasteiger partial charge on any atom is 0.297 e. The second-order valence-corrected chi connectivity index (χ2v) is 5.73. The molecule has 0 aliphatic heterocycles. The van der Waals surface area contributed by atoms with Gasteiger partial charge in [0.1, 0.15) is 0 Å². The van der Waals surface area contributed by atoms with Gasteiger partial charge in [0.25, 0.3) is 12.3 Å². The van der Waals surface area contributed by atoms with Crippen molar-refractivity contribution in [1.82, 2.24) is 19.9 Å². The minimum absolute atomic E-state index is 0.195. The average Bonchev–Trinajstić information content (AvgIpc) is 3.06. The number of alkyl halides is 2. The van der Waals surface area contributed by atoms with Gasteiger partial charge in [-0.15, -0.1) is 10.2 Å². The standard InChI is InChI=1S/C18H18F2N4O/c1-2-12(13-6-4-3-5-7-13)10-21-18(25)14-8-9-15-22-23-17(16(19)20)24(15)11-14/h3-9,11-12,16H,2,10H2,1H3,(H,21,25)/t12-/m0/s1. The van der Waals surface area contributed by atoms with Crippen molar-refractivity contribution in [2.75, 3.05) is 6.54 Å². The molecule has 1 aromatic carbocycles. The highest BCUT2D eigenvalue weighted by Crippen LogP contribution is 2.19. The normalized spacial score (nSPS) is 12.5. The number of carbonyl (C=O) groups excluding carboxylic acids is 1. The first-order chi connectivity index (χ1) is 12.1. The number of fused-ring (bicyclic) bond motifs is 1. The summed E-state index contributed by atoms with van der Waals surface area (Å²) in [5.74, 6) is -0.592. The largest absolute Gasteiger partial charge is 0.351 e. The second kappa shape index (κ2) is 7.38. The molecule has 0 aliphatic carbocycles. The molecule has 7 heteroatoms. The fourth-order valence-corrected chi connectivity index (χ4v) is 2.73. The summed E-state index contributed by atoms with van der Waals surface area (Å²) >= 11 is 0. The lowest BCUT2D eigenvalue weighted by Crippen LogP contribution is -2.28. The molecule has 2 heterocycles. The van der Waals surface area contributed by atoms with E-state index in [1.165, 1.54) is 12.3 Å². The lowest BCUT2D eigenvalue weighted by atomic mass is 9.96. The molecule has 0 aliphatic rings. The van der Waals surface area contributed by atoms with Gasteiger partial charge in [-0.25, -0.2) is 8.78 Å². The molecule has 3 rings (SSSR count). The molecule has 130 valence electrons. The first-order valence-corrected chi connectivity index (χ1v) is 8.06. The highest BCUT2D eigenvalue weighted by Gasteiger charge is 2.17. The maximum absolute atomic E-state index is 12.9. The van der Waals surface area contributed by atoms with Crippen LogP contribution in [0.15, 0.2) is 48.7 Å². The third-order valence-electron chi connectivity index (χ3n) is 4.16. The summed E-state index contributed by atoms with van der Waals surface area (Å²) in [6.45, 7) is 2.53. The summed E-state index contributed by atoms with van der Waals surface area (Å²) in [6.07, 6.45) is -0.532. The summed E-state index contributed by atoms with van der Waals surface area (Å²) in [5, 5.41) is 10.00. The van der Waals surface area contributed by atoms with Crippen molar-refractivity contribution in [1.29, 1.82) is 0 Å². The number of hydrogen-bond donors (Lipinski definition) is 1. The van der Waals surface area contributed by atoms with Crippen LogP contribution in [-0.2, 0) is 0 Å². The lowest BCUT2D eigenvalue weighted by molar-refractivity contribution is 0.0950. The van der Waals surface area contributed by atoms with Crippen molar-refractivity contribution in [3.05, 3.63) is 65.6 Å². The molecule has 2 aromatic heterocycles. The van der Waals surface area contributed by atoms with E-state index in [9.17, 15) is 13.6 Å². The Balaban J connectivity index is 1.74. The molecule has 0 bridgehead atoms. The van der Waals surface area contributed by atoms with Gasteiger partial charge in [-0.05, 0) is 24.1 Å². The molecule has 3 aromatic rings. The van der Waals surface area contributed by atoms with Crippen LogP contribution in [0.2, 0.25) is 0 Å². The number of benzene rings is 1. The molecule has 0 saturated carbocycles. The topological polar surface area (TPSA) is 59.3 Å². The number of amides is 1. The predicted octanol–water partition coefficient (Wildman–Crippen LogP) is 3.59. The van der Waals surface area contributed by atoms with Crippen LogP contribution in [0.4, 0.5) is 8.78 Å². The van der Waals surface area contributed by atoms with Crippen LogP contribution in [0.5, 0.6) is 0 Å². The van der Waals surface area contributed by atoms with E-state index in [0.29, 0.717) is 6.54 Å². The SMILES string of the molecule is CC[C@@H](CNC(=O)c1ccc2nnc(C(F)F)n2c1)c1ccccc1. The van der Waals surface area contributed by atoms with Crippen molar-refractivity contribution >= 4 is 11.6 Å². The Morgan fingerprint density at radius 3 is 2.60 bits per heavy atom. The molecule has 1 amide bonds. The quantitative estimate of drug-likeness (QED) is 0.743. The molecular weight excluding hydrogens is 326 g/mol. The van der Waals surface area contributed by atoms with Crippen molar-refractivity contribution in [3.63, 3.8) is 0 Å². The molecule has 0 spiro atoms. The zero-order chi connectivity index (χ0) is 17.8. The molecule has 25 heavy (non-hydrogen) atoms. The first-order valence-electron chi connectivity index (χ1n) is 8.06. The molecule has 1 N–H and O–H groups in total. The van der Waals surface area contributed by atoms with E-state index in [2.05, 4.69) is 22.4 Å². The van der Waals surface area contributed by atoms with Crippen molar-refractivity contribution < 1.29 is 13.6 Å². The smallest absolute Gasteiger partial charge is 0.297 e. The molecule has 0 unspecified atom stereocenters.